The van der Waals surface area contributed by atoms with Crippen LogP contribution in [-0.4, -0.2) is 23.9 Å². The predicted octanol–water partition coefficient (Wildman–Crippen LogP) is 21.1. The fourth-order valence-corrected chi connectivity index (χ4v) is 20.3. The van der Waals surface area contributed by atoms with Crippen molar-refractivity contribution in [1.29, 1.82) is 0 Å². The van der Waals surface area contributed by atoms with Crippen LogP contribution in [0.5, 0.6) is 0 Å². The predicted molar refractivity (Wildman–Crippen MR) is 291 cm³/mol. The SMILES string of the molecule is CCCCCCCCCCCCCCCCCCC1(CCCCCCCCCCCCCCCCCC)C2=CC3C(C=C2c2ccccc21)CCC3[Si](C)(C)N(C(C)(C)C)C(C)(C)C. The highest BCUT2D eigenvalue weighted by Crippen LogP contribution is 2.62. The van der Waals surface area contributed by atoms with Crippen LogP contribution in [0.25, 0.3) is 5.57 Å². The van der Waals surface area contributed by atoms with Gasteiger partial charge in [0.15, 0.2) is 0 Å². The van der Waals surface area contributed by atoms with E-state index in [-0.39, 0.29) is 16.5 Å². The summed E-state index contributed by atoms with van der Waals surface area (Å²) in [6.45, 7) is 25.1. The molecule has 0 bridgehead atoms. The van der Waals surface area contributed by atoms with Crippen LogP contribution < -0.4 is 0 Å². The summed E-state index contributed by atoms with van der Waals surface area (Å²) in [5.74, 6) is 1.39. The van der Waals surface area contributed by atoms with Crippen LogP contribution in [0.1, 0.15) is 298 Å². The van der Waals surface area contributed by atoms with E-state index in [1.165, 1.54) is 231 Å². The fraction of sp³-hybridized carbons (Fsp3) is 0.839. The first-order chi connectivity index (χ1) is 30.8. The molecule has 3 aliphatic carbocycles. The van der Waals surface area contributed by atoms with Crippen LogP contribution in [0, 0.1) is 11.8 Å². The molecular weight excluding hydrogens is 787 g/mol. The van der Waals surface area contributed by atoms with E-state index in [2.05, 4.69) is 109 Å². The summed E-state index contributed by atoms with van der Waals surface area (Å²) in [4.78, 5) is 0. The van der Waals surface area contributed by atoms with E-state index in [0.29, 0.717) is 11.8 Å². The van der Waals surface area contributed by atoms with Crippen molar-refractivity contribution in [3.63, 3.8) is 0 Å². The number of hydrogen-bond acceptors (Lipinski definition) is 1. The second-order valence-corrected chi connectivity index (χ2v) is 29.1. The summed E-state index contributed by atoms with van der Waals surface area (Å²) in [5, 5.41) is 0. The van der Waals surface area contributed by atoms with Gasteiger partial charge in [-0.15, -0.1) is 0 Å². The molecule has 0 aliphatic heterocycles. The summed E-state index contributed by atoms with van der Waals surface area (Å²) in [5.41, 5.74) is 8.09. The van der Waals surface area contributed by atoms with Crippen molar-refractivity contribution in [1.82, 2.24) is 4.57 Å². The number of hydrogen-bond donors (Lipinski definition) is 0. The van der Waals surface area contributed by atoms with E-state index in [4.69, 9.17) is 0 Å². The number of fused-ring (bicyclic) bond motifs is 4. The Bertz CT molecular complexity index is 1400. The van der Waals surface area contributed by atoms with Gasteiger partial charge in [-0.05, 0) is 100 Å². The Morgan fingerprint density at radius 2 is 0.844 bits per heavy atom. The van der Waals surface area contributed by atoms with Gasteiger partial charge >= 0.3 is 0 Å². The minimum absolute atomic E-state index is 0.169. The van der Waals surface area contributed by atoms with E-state index in [9.17, 15) is 0 Å². The molecule has 3 atom stereocenters. The molecule has 0 radical (unpaired) electrons. The third-order valence-electron chi connectivity index (χ3n) is 16.8. The van der Waals surface area contributed by atoms with Crippen LogP contribution in [0.4, 0.5) is 0 Å². The number of allylic oxidation sites excluding steroid dienone is 4. The van der Waals surface area contributed by atoms with Crippen molar-refractivity contribution >= 4 is 13.8 Å². The van der Waals surface area contributed by atoms with E-state index < -0.39 is 8.24 Å². The largest absolute Gasteiger partial charge is 0.314 e. The third-order valence-corrected chi connectivity index (χ3v) is 21.8. The number of benzene rings is 1. The quantitative estimate of drug-likeness (QED) is 0.0479. The molecule has 3 aliphatic rings. The third kappa shape index (κ3) is 17.1. The van der Waals surface area contributed by atoms with Crippen molar-refractivity contribution in [3.05, 3.63) is 53.1 Å². The second-order valence-electron chi connectivity index (χ2n) is 24.7. The molecule has 0 amide bonds. The second kappa shape index (κ2) is 29.0. The van der Waals surface area contributed by atoms with Crippen molar-refractivity contribution in [2.24, 2.45) is 11.8 Å². The molecule has 0 heterocycles. The molecule has 0 N–H and O–H groups in total. The minimum Gasteiger partial charge on any atom is -0.314 e. The molecule has 1 aromatic rings. The molecular formula is C62H111NSi. The Labute approximate surface area is 403 Å². The first-order valence-corrected chi connectivity index (χ1v) is 32.2. The zero-order valence-electron chi connectivity index (χ0n) is 45.1. The zero-order valence-corrected chi connectivity index (χ0v) is 46.1. The van der Waals surface area contributed by atoms with Gasteiger partial charge in [0.05, 0.1) is 0 Å². The van der Waals surface area contributed by atoms with Crippen LogP contribution in [0.15, 0.2) is 42.0 Å². The minimum atomic E-state index is -1.82. The van der Waals surface area contributed by atoms with Crippen LogP contribution in [0.3, 0.4) is 0 Å². The molecule has 1 saturated carbocycles. The normalized spacial score (nSPS) is 19.5. The Kier molecular flexibility index (Phi) is 25.2. The number of unbranched alkanes of at least 4 members (excludes halogenated alkanes) is 30. The molecule has 0 saturated heterocycles. The smallest absolute Gasteiger partial charge is 0.126 e. The lowest BCUT2D eigenvalue weighted by Crippen LogP contribution is -2.67. The van der Waals surface area contributed by atoms with Gasteiger partial charge in [-0.25, -0.2) is 0 Å². The maximum atomic E-state index is 3.03. The zero-order chi connectivity index (χ0) is 46.3. The summed E-state index contributed by atoms with van der Waals surface area (Å²) < 4.78 is 3.03. The fourth-order valence-electron chi connectivity index (χ4n) is 14.3. The van der Waals surface area contributed by atoms with Gasteiger partial charge in [-0.3, -0.25) is 0 Å². The Balaban J connectivity index is 1.36. The van der Waals surface area contributed by atoms with Crippen molar-refractivity contribution in [3.8, 4) is 0 Å². The first-order valence-electron chi connectivity index (χ1n) is 29.1. The van der Waals surface area contributed by atoms with Crippen molar-refractivity contribution < 1.29 is 0 Å². The highest BCUT2D eigenvalue weighted by Gasteiger charge is 2.55. The molecule has 368 valence electrons. The monoisotopic (exact) mass is 898 g/mol. The van der Waals surface area contributed by atoms with E-state index in [0.717, 1.165) is 5.54 Å². The van der Waals surface area contributed by atoms with Gasteiger partial charge < -0.3 is 4.57 Å². The van der Waals surface area contributed by atoms with Crippen molar-refractivity contribution in [2.75, 3.05) is 0 Å². The lowest BCUT2D eigenvalue weighted by molar-refractivity contribution is 0.122. The lowest BCUT2D eigenvalue weighted by Gasteiger charge is -2.57. The van der Waals surface area contributed by atoms with Gasteiger partial charge in [-0.1, -0.05) is 275 Å². The van der Waals surface area contributed by atoms with Gasteiger partial charge in [0.2, 0.25) is 0 Å². The first kappa shape index (κ1) is 55.5. The Hall–Kier alpha value is -1.12. The average molecular weight is 899 g/mol. The van der Waals surface area contributed by atoms with Gasteiger partial charge in [0.1, 0.15) is 8.24 Å². The van der Waals surface area contributed by atoms with Gasteiger partial charge in [-0.2, -0.15) is 0 Å². The van der Waals surface area contributed by atoms with Crippen molar-refractivity contribution in [2.45, 2.75) is 322 Å². The molecule has 1 fully saturated rings. The topological polar surface area (TPSA) is 3.24 Å². The van der Waals surface area contributed by atoms with E-state index in [1.807, 2.05) is 0 Å². The summed E-state index contributed by atoms with van der Waals surface area (Å²) in [6, 6.07) is 9.84. The maximum absolute atomic E-state index is 3.03. The standard InChI is InChI=1S/C62H111NSi/c1-11-13-15-17-19-21-23-25-27-29-31-33-35-37-39-43-49-62(50-44-40-38-36-34-32-30-28-26-24-22-20-18-16-14-12-2)57-46-42-41-45-54(57)56-51-53-47-48-59(55(53)52-58(56)62)64(9,10)63(60(3,4)5)61(6,7)8/h41-42,45-46,51-53,55,59H,11-40,43-44,47-50H2,1-10H3. The van der Waals surface area contributed by atoms with Gasteiger partial charge in [0, 0.05) is 16.5 Å². The molecule has 4 rings (SSSR count). The van der Waals surface area contributed by atoms with Crippen LogP contribution in [0.2, 0.25) is 18.6 Å². The Morgan fingerprint density at radius 1 is 0.484 bits per heavy atom. The van der Waals surface area contributed by atoms with Gasteiger partial charge in [0.25, 0.3) is 0 Å². The Morgan fingerprint density at radius 3 is 1.22 bits per heavy atom. The molecule has 64 heavy (non-hydrogen) atoms. The molecule has 1 nitrogen and oxygen atoms in total. The molecule has 3 unspecified atom stereocenters. The van der Waals surface area contributed by atoms with Crippen LogP contribution >= 0.6 is 0 Å². The molecule has 1 aromatic carbocycles. The maximum Gasteiger partial charge on any atom is 0.126 e. The summed E-state index contributed by atoms with van der Waals surface area (Å²) in [7, 11) is -1.82. The number of nitrogens with zero attached hydrogens (tertiary/aromatic N) is 1. The summed E-state index contributed by atoms with van der Waals surface area (Å²) >= 11 is 0. The number of rotatable bonds is 36. The average Bonchev–Trinajstić information content (AvgIpc) is 3.78. The van der Waals surface area contributed by atoms with Crippen LogP contribution in [-0.2, 0) is 5.41 Å². The molecule has 2 heteroatoms. The highest BCUT2D eigenvalue weighted by molar-refractivity contribution is 6.76. The highest BCUT2D eigenvalue weighted by atomic mass is 28.3. The molecule has 0 spiro atoms. The molecule has 0 aromatic heterocycles. The van der Waals surface area contributed by atoms with E-state index in [1.54, 1.807) is 22.3 Å². The van der Waals surface area contributed by atoms with E-state index >= 15 is 0 Å². The summed E-state index contributed by atoms with van der Waals surface area (Å²) in [6.07, 6.45) is 57.5. The lowest BCUT2D eigenvalue weighted by atomic mass is 9.68.